The lowest BCUT2D eigenvalue weighted by Crippen LogP contribution is -2.59. The van der Waals surface area contributed by atoms with Crippen molar-refractivity contribution in [2.75, 3.05) is 39.4 Å². The molecule has 1 spiro atoms. The van der Waals surface area contributed by atoms with E-state index in [2.05, 4.69) is 11.0 Å². The summed E-state index contributed by atoms with van der Waals surface area (Å²) < 4.78 is 17.4. The highest BCUT2D eigenvalue weighted by molar-refractivity contribution is 5.81. The summed E-state index contributed by atoms with van der Waals surface area (Å²) in [7, 11) is 0. The molecule has 1 atom stereocenters. The quantitative estimate of drug-likeness (QED) is 0.836. The van der Waals surface area contributed by atoms with Crippen LogP contribution in [0.15, 0.2) is 16.5 Å². The summed E-state index contributed by atoms with van der Waals surface area (Å²) in [6.45, 7) is 7.52. The van der Waals surface area contributed by atoms with Gasteiger partial charge in [-0.2, -0.15) is 0 Å². The molecule has 0 N–H and O–H groups in total. The molecule has 6 heteroatoms. The van der Waals surface area contributed by atoms with E-state index in [1.807, 2.05) is 17.9 Å². The van der Waals surface area contributed by atoms with E-state index in [-0.39, 0.29) is 17.6 Å². The summed E-state index contributed by atoms with van der Waals surface area (Å²) in [6.07, 6.45) is 3.55. The third kappa shape index (κ3) is 3.76. The fraction of sp³-hybridized carbons (Fsp3) is 0.737. The van der Waals surface area contributed by atoms with Gasteiger partial charge in [0.15, 0.2) is 0 Å². The van der Waals surface area contributed by atoms with Gasteiger partial charge in [0.05, 0.1) is 18.8 Å². The molecule has 0 bridgehead atoms. The fourth-order valence-electron chi connectivity index (χ4n) is 4.22. The minimum atomic E-state index is -0.225. The van der Waals surface area contributed by atoms with Crippen molar-refractivity contribution in [2.24, 2.45) is 0 Å². The van der Waals surface area contributed by atoms with E-state index >= 15 is 0 Å². The van der Waals surface area contributed by atoms with Crippen molar-refractivity contribution in [3.05, 3.63) is 23.7 Å². The summed E-state index contributed by atoms with van der Waals surface area (Å²) in [6, 6.07) is 4.07. The molecule has 0 radical (unpaired) electrons. The molecule has 25 heavy (non-hydrogen) atoms. The van der Waals surface area contributed by atoms with Gasteiger partial charge in [0.2, 0.25) is 0 Å². The molecule has 6 nitrogen and oxygen atoms in total. The van der Waals surface area contributed by atoms with Crippen LogP contribution < -0.4 is 0 Å². The van der Waals surface area contributed by atoms with E-state index in [4.69, 9.17) is 13.9 Å². The van der Waals surface area contributed by atoms with Gasteiger partial charge < -0.3 is 18.8 Å². The Bertz CT molecular complexity index is 600. The third-order valence-electron chi connectivity index (χ3n) is 5.71. The van der Waals surface area contributed by atoms with Crippen LogP contribution in [0.4, 0.5) is 0 Å². The van der Waals surface area contributed by atoms with E-state index in [1.165, 1.54) is 0 Å². The maximum atomic E-state index is 12.7. The second kappa shape index (κ2) is 7.09. The summed E-state index contributed by atoms with van der Waals surface area (Å²) in [5.41, 5.74) is -0.178. The van der Waals surface area contributed by atoms with Crippen LogP contribution in [0.1, 0.15) is 37.2 Å². The molecule has 3 aliphatic heterocycles. The van der Waals surface area contributed by atoms with Crippen molar-refractivity contribution >= 4 is 5.91 Å². The molecular weight excluding hydrogens is 320 g/mol. The minimum Gasteiger partial charge on any atom is -0.465 e. The fourth-order valence-corrected chi connectivity index (χ4v) is 4.22. The van der Waals surface area contributed by atoms with E-state index in [1.54, 1.807) is 0 Å². The van der Waals surface area contributed by atoms with Crippen LogP contribution >= 0.6 is 0 Å². The lowest BCUT2D eigenvalue weighted by atomic mass is 9.89. The molecule has 1 amide bonds. The number of piperidine rings is 1. The van der Waals surface area contributed by atoms with E-state index in [0.29, 0.717) is 26.3 Å². The number of amides is 1. The summed E-state index contributed by atoms with van der Waals surface area (Å²) in [4.78, 5) is 17.0. The molecule has 1 aromatic heterocycles. The van der Waals surface area contributed by atoms with Gasteiger partial charge in [-0.15, -0.1) is 0 Å². The topological polar surface area (TPSA) is 55.2 Å². The lowest BCUT2D eigenvalue weighted by Gasteiger charge is -2.47. The van der Waals surface area contributed by atoms with Crippen molar-refractivity contribution < 1.29 is 18.7 Å². The van der Waals surface area contributed by atoms with Crippen LogP contribution in [-0.4, -0.2) is 66.8 Å². The molecule has 0 aromatic carbocycles. The summed E-state index contributed by atoms with van der Waals surface area (Å²) in [5.74, 6) is 2.14. The van der Waals surface area contributed by atoms with Crippen molar-refractivity contribution in [3.8, 4) is 0 Å². The van der Waals surface area contributed by atoms with Gasteiger partial charge in [0, 0.05) is 32.8 Å². The maximum absolute atomic E-state index is 12.7. The number of hydrogen-bond donors (Lipinski definition) is 0. The second-order valence-electron chi connectivity index (χ2n) is 7.58. The molecule has 1 unspecified atom stereocenters. The van der Waals surface area contributed by atoms with Crippen molar-refractivity contribution in [1.29, 1.82) is 0 Å². The number of carbonyl (C=O) groups excluding carboxylic acids is 1. The highest BCUT2D eigenvalue weighted by Crippen LogP contribution is 2.31. The number of ether oxygens (including phenoxy) is 2. The number of likely N-dealkylation sites (tertiary alicyclic amines) is 1. The SMILES string of the molecule is Cc1ccc(CN2CCC3(CC2)CN(C(=O)C2CCCO2)CCO3)o1. The predicted octanol–water partition coefficient (Wildman–Crippen LogP) is 1.96. The first kappa shape index (κ1) is 17.1. The molecule has 3 aliphatic rings. The standard InChI is InChI=1S/C19H28N2O4/c1-15-4-5-16(25-15)13-20-8-6-19(7-9-20)14-21(10-12-24-19)18(22)17-3-2-11-23-17/h4-5,17H,2-3,6-14H2,1H3. The van der Waals surface area contributed by atoms with Gasteiger partial charge in [-0.1, -0.05) is 0 Å². The number of morpholine rings is 1. The Labute approximate surface area is 149 Å². The number of aryl methyl sites for hydroxylation is 1. The first-order valence-electron chi connectivity index (χ1n) is 9.46. The highest BCUT2D eigenvalue weighted by atomic mass is 16.5. The van der Waals surface area contributed by atoms with E-state index in [0.717, 1.165) is 56.8 Å². The Morgan fingerprint density at radius 2 is 2.08 bits per heavy atom. The van der Waals surface area contributed by atoms with Gasteiger partial charge in [0.25, 0.3) is 5.91 Å². The van der Waals surface area contributed by atoms with Gasteiger partial charge in [-0.05, 0) is 44.7 Å². The zero-order chi connectivity index (χ0) is 17.3. The van der Waals surface area contributed by atoms with Gasteiger partial charge in [-0.25, -0.2) is 0 Å². The van der Waals surface area contributed by atoms with Crippen molar-refractivity contribution in [2.45, 2.75) is 50.9 Å². The second-order valence-corrected chi connectivity index (χ2v) is 7.58. The molecular formula is C19H28N2O4. The monoisotopic (exact) mass is 348 g/mol. The van der Waals surface area contributed by atoms with Crippen LogP contribution in [0.3, 0.4) is 0 Å². The first-order valence-corrected chi connectivity index (χ1v) is 9.46. The van der Waals surface area contributed by atoms with Crippen LogP contribution in [0.5, 0.6) is 0 Å². The molecule has 4 rings (SSSR count). The Morgan fingerprint density at radius 3 is 2.76 bits per heavy atom. The van der Waals surface area contributed by atoms with Crippen LogP contribution in [0.2, 0.25) is 0 Å². The third-order valence-corrected chi connectivity index (χ3v) is 5.71. The van der Waals surface area contributed by atoms with E-state index in [9.17, 15) is 4.79 Å². The van der Waals surface area contributed by atoms with Crippen LogP contribution in [0, 0.1) is 6.92 Å². The number of furan rings is 1. The summed E-state index contributed by atoms with van der Waals surface area (Å²) in [5, 5.41) is 0. The van der Waals surface area contributed by atoms with Crippen LogP contribution in [0.25, 0.3) is 0 Å². The van der Waals surface area contributed by atoms with Crippen molar-refractivity contribution in [1.82, 2.24) is 9.80 Å². The minimum absolute atomic E-state index is 0.161. The van der Waals surface area contributed by atoms with Crippen LogP contribution in [-0.2, 0) is 20.8 Å². The zero-order valence-corrected chi connectivity index (χ0v) is 15.0. The Hall–Kier alpha value is -1.37. The molecule has 4 heterocycles. The number of hydrogen-bond acceptors (Lipinski definition) is 5. The van der Waals surface area contributed by atoms with Gasteiger partial charge >= 0.3 is 0 Å². The molecule has 3 saturated heterocycles. The molecule has 3 fully saturated rings. The molecule has 138 valence electrons. The smallest absolute Gasteiger partial charge is 0.251 e. The predicted molar refractivity (Wildman–Crippen MR) is 92.2 cm³/mol. The van der Waals surface area contributed by atoms with Gasteiger partial charge in [0.1, 0.15) is 17.6 Å². The van der Waals surface area contributed by atoms with Crippen molar-refractivity contribution in [3.63, 3.8) is 0 Å². The molecule has 1 aromatic rings. The Kier molecular flexibility index (Phi) is 4.84. The summed E-state index contributed by atoms with van der Waals surface area (Å²) >= 11 is 0. The Morgan fingerprint density at radius 1 is 1.24 bits per heavy atom. The largest absolute Gasteiger partial charge is 0.465 e. The van der Waals surface area contributed by atoms with Gasteiger partial charge in [-0.3, -0.25) is 9.69 Å². The number of carbonyl (C=O) groups is 1. The highest BCUT2D eigenvalue weighted by Gasteiger charge is 2.42. The maximum Gasteiger partial charge on any atom is 0.251 e. The normalized spacial score (nSPS) is 27.1. The zero-order valence-electron chi connectivity index (χ0n) is 15.0. The Balaban J connectivity index is 1.32. The van der Waals surface area contributed by atoms with E-state index < -0.39 is 0 Å². The average Bonchev–Trinajstić information content (AvgIpc) is 3.29. The molecule has 0 aliphatic carbocycles. The lowest BCUT2D eigenvalue weighted by molar-refractivity contribution is -0.166. The number of nitrogens with zero attached hydrogens (tertiary/aromatic N) is 2. The first-order chi connectivity index (χ1) is 12.1. The molecule has 0 saturated carbocycles. The average molecular weight is 348 g/mol. The number of rotatable bonds is 3.